The molecule has 0 atom stereocenters. The van der Waals surface area contributed by atoms with E-state index < -0.39 is 0 Å². The normalized spacial score (nSPS) is 8.73. The zero-order chi connectivity index (χ0) is 8.27. The van der Waals surface area contributed by atoms with E-state index in [9.17, 15) is 0 Å². The van der Waals surface area contributed by atoms with Crippen LogP contribution in [0.3, 0.4) is 0 Å². The van der Waals surface area contributed by atoms with E-state index in [1.165, 1.54) is 6.20 Å². The zero-order valence-electron chi connectivity index (χ0n) is 5.57. The standard InChI is InChI=1S/C5H6N6/c6-1-3-2-9-5(11-8)10-4(3)7/h2H,8H2,(H3,7,9,10,11). The van der Waals surface area contributed by atoms with Crippen molar-refractivity contribution in [3.8, 4) is 6.07 Å². The second-order valence-corrected chi connectivity index (χ2v) is 1.75. The van der Waals surface area contributed by atoms with Crippen LogP contribution in [-0.4, -0.2) is 9.97 Å². The maximum atomic E-state index is 8.42. The maximum Gasteiger partial charge on any atom is 0.239 e. The van der Waals surface area contributed by atoms with Crippen LogP contribution in [0, 0.1) is 11.3 Å². The SMILES string of the molecule is N#Cc1cnc(NN)nc1N. The van der Waals surface area contributed by atoms with Crippen LogP contribution in [0.1, 0.15) is 5.56 Å². The van der Waals surface area contributed by atoms with E-state index in [4.69, 9.17) is 16.8 Å². The zero-order valence-corrected chi connectivity index (χ0v) is 5.57. The molecule has 0 saturated heterocycles. The summed E-state index contributed by atoms with van der Waals surface area (Å²) < 4.78 is 0. The molecule has 1 rings (SSSR count). The van der Waals surface area contributed by atoms with Crippen LogP contribution in [0.2, 0.25) is 0 Å². The topological polar surface area (TPSA) is 114 Å². The average molecular weight is 150 g/mol. The Labute approximate surface area is 62.8 Å². The number of aromatic nitrogens is 2. The lowest BCUT2D eigenvalue weighted by atomic mass is 10.3. The summed E-state index contributed by atoms with van der Waals surface area (Å²) in [6.07, 6.45) is 1.30. The molecular weight excluding hydrogens is 144 g/mol. The smallest absolute Gasteiger partial charge is 0.239 e. The minimum absolute atomic E-state index is 0.121. The lowest BCUT2D eigenvalue weighted by Gasteiger charge is -1.98. The van der Waals surface area contributed by atoms with Crippen molar-refractivity contribution in [1.29, 1.82) is 5.26 Å². The second kappa shape index (κ2) is 2.81. The number of nitrogens with zero attached hydrogens (tertiary/aromatic N) is 3. The molecule has 11 heavy (non-hydrogen) atoms. The third-order valence-electron chi connectivity index (χ3n) is 1.07. The number of nitrogens with two attached hydrogens (primary N) is 2. The number of hydrogen-bond donors (Lipinski definition) is 3. The minimum atomic E-state index is 0.121. The van der Waals surface area contributed by atoms with Gasteiger partial charge in [0.25, 0.3) is 0 Å². The Hall–Kier alpha value is -1.87. The lowest BCUT2D eigenvalue weighted by molar-refractivity contribution is 1.11. The van der Waals surface area contributed by atoms with E-state index >= 15 is 0 Å². The van der Waals surface area contributed by atoms with Crippen LogP contribution >= 0.6 is 0 Å². The Bertz CT molecular complexity index is 300. The molecule has 0 bridgehead atoms. The van der Waals surface area contributed by atoms with Crippen molar-refractivity contribution in [2.45, 2.75) is 0 Å². The molecule has 1 aromatic rings. The first-order chi connectivity index (χ1) is 5.27. The Morgan fingerprint density at radius 2 is 2.36 bits per heavy atom. The number of anilines is 2. The highest BCUT2D eigenvalue weighted by Gasteiger charge is 2.00. The summed E-state index contributed by atoms with van der Waals surface area (Å²) in [6.45, 7) is 0. The molecule has 0 spiro atoms. The van der Waals surface area contributed by atoms with Gasteiger partial charge >= 0.3 is 0 Å². The van der Waals surface area contributed by atoms with E-state index in [0.29, 0.717) is 0 Å². The Morgan fingerprint density at radius 1 is 1.64 bits per heavy atom. The molecule has 0 aromatic carbocycles. The van der Waals surface area contributed by atoms with Crippen LogP contribution < -0.4 is 17.0 Å². The summed E-state index contributed by atoms with van der Waals surface area (Å²) in [5, 5.41) is 8.42. The van der Waals surface area contributed by atoms with Gasteiger partial charge in [-0.3, -0.25) is 5.43 Å². The van der Waals surface area contributed by atoms with Crippen LogP contribution in [0.15, 0.2) is 6.20 Å². The summed E-state index contributed by atoms with van der Waals surface area (Å²) in [6, 6.07) is 1.83. The molecule has 1 heterocycles. The molecule has 0 aliphatic rings. The average Bonchev–Trinajstić information content (AvgIpc) is 2.04. The Balaban J connectivity index is 3.12. The van der Waals surface area contributed by atoms with Gasteiger partial charge in [0.2, 0.25) is 5.95 Å². The van der Waals surface area contributed by atoms with E-state index in [1.54, 1.807) is 0 Å². The van der Waals surface area contributed by atoms with Gasteiger partial charge in [-0.2, -0.15) is 10.2 Å². The highest BCUT2D eigenvalue weighted by atomic mass is 15.3. The fraction of sp³-hybridized carbons (Fsp3) is 0. The third kappa shape index (κ3) is 1.33. The third-order valence-corrected chi connectivity index (χ3v) is 1.07. The van der Waals surface area contributed by atoms with Gasteiger partial charge in [0.15, 0.2) is 0 Å². The quantitative estimate of drug-likeness (QED) is 0.357. The molecule has 5 N–H and O–H groups in total. The number of rotatable bonds is 1. The first kappa shape index (κ1) is 7.24. The molecule has 0 amide bonds. The molecule has 0 radical (unpaired) electrons. The van der Waals surface area contributed by atoms with Gasteiger partial charge in [0.05, 0.1) is 6.20 Å². The fourth-order valence-electron chi connectivity index (χ4n) is 0.551. The van der Waals surface area contributed by atoms with Gasteiger partial charge in [0.1, 0.15) is 17.5 Å². The number of nitrogens with one attached hydrogen (secondary N) is 1. The Morgan fingerprint density at radius 3 is 2.82 bits per heavy atom. The lowest BCUT2D eigenvalue weighted by Crippen LogP contribution is -2.11. The van der Waals surface area contributed by atoms with Gasteiger partial charge in [-0.25, -0.2) is 10.8 Å². The summed E-state index contributed by atoms with van der Waals surface area (Å²) in [7, 11) is 0. The molecule has 0 unspecified atom stereocenters. The number of hydrazine groups is 1. The van der Waals surface area contributed by atoms with Crippen molar-refractivity contribution in [1.82, 2.24) is 9.97 Å². The summed E-state index contributed by atoms with van der Waals surface area (Å²) in [5.74, 6) is 5.31. The summed E-state index contributed by atoms with van der Waals surface area (Å²) in [5.41, 5.74) is 7.79. The van der Waals surface area contributed by atoms with E-state index in [1.807, 2.05) is 6.07 Å². The van der Waals surface area contributed by atoms with Gasteiger partial charge in [0, 0.05) is 0 Å². The molecule has 0 aliphatic carbocycles. The largest absolute Gasteiger partial charge is 0.382 e. The van der Waals surface area contributed by atoms with Gasteiger partial charge in [-0.15, -0.1) is 0 Å². The van der Waals surface area contributed by atoms with Crippen molar-refractivity contribution < 1.29 is 0 Å². The summed E-state index contributed by atoms with van der Waals surface area (Å²) in [4.78, 5) is 7.35. The predicted octanol–water partition coefficient (Wildman–Crippen LogP) is -0.784. The van der Waals surface area contributed by atoms with E-state index in [-0.39, 0.29) is 17.3 Å². The molecule has 0 fully saturated rings. The number of hydrogen-bond acceptors (Lipinski definition) is 6. The minimum Gasteiger partial charge on any atom is -0.382 e. The molecule has 0 aliphatic heterocycles. The van der Waals surface area contributed by atoms with Crippen LogP contribution in [0.4, 0.5) is 11.8 Å². The second-order valence-electron chi connectivity index (χ2n) is 1.75. The molecule has 0 saturated carbocycles. The van der Waals surface area contributed by atoms with Crippen molar-refractivity contribution in [2.75, 3.05) is 11.2 Å². The number of nitriles is 1. The predicted molar refractivity (Wildman–Crippen MR) is 39.0 cm³/mol. The summed E-state index contributed by atoms with van der Waals surface area (Å²) >= 11 is 0. The highest BCUT2D eigenvalue weighted by molar-refractivity contribution is 5.49. The van der Waals surface area contributed by atoms with Crippen LogP contribution in [0.5, 0.6) is 0 Å². The first-order valence-corrected chi connectivity index (χ1v) is 2.77. The van der Waals surface area contributed by atoms with Crippen molar-refractivity contribution in [2.24, 2.45) is 5.84 Å². The van der Waals surface area contributed by atoms with E-state index in [0.717, 1.165) is 0 Å². The van der Waals surface area contributed by atoms with E-state index in [2.05, 4.69) is 15.4 Å². The van der Waals surface area contributed by atoms with Crippen molar-refractivity contribution >= 4 is 11.8 Å². The monoisotopic (exact) mass is 150 g/mol. The van der Waals surface area contributed by atoms with Crippen molar-refractivity contribution in [3.63, 3.8) is 0 Å². The molecule has 6 nitrogen and oxygen atoms in total. The molecule has 1 aromatic heterocycles. The van der Waals surface area contributed by atoms with Gasteiger partial charge in [-0.1, -0.05) is 0 Å². The Kier molecular flexibility index (Phi) is 1.85. The van der Waals surface area contributed by atoms with Crippen LogP contribution in [0.25, 0.3) is 0 Å². The molecule has 6 heteroatoms. The van der Waals surface area contributed by atoms with Gasteiger partial charge in [-0.05, 0) is 0 Å². The fourth-order valence-corrected chi connectivity index (χ4v) is 0.551. The van der Waals surface area contributed by atoms with Crippen LogP contribution in [-0.2, 0) is 0 Å². The highest BCUT2D eigenvalue weighted by Crippen LogP contribution is 2.06. The first-order valence-electron chi connectivity index (χ1n) is 2.77. The maximum absolute atomic E-state index is 8.42. The molecule has 56 valence electrons. The van der Waals surface area contributed by atoms with Gasteiger partial charge < -0.3 is 5.73 Å². The molecular formula is C5H6N6. The number of nitrogen functional groups attached to an aromatic ring is 2. The van der Waals surface area contributed by atoms with Crippen molar-refractivity contribution in [3.05, 3.63) is 11.8 Å².